The molecule has 0 bridgehead atoms. The quantitative estimate of drug-likeness (QED) is 0.252. The van der Waals surface area contributed by atoms with E-state index in [-0.39, 0.29) is 17.2 Å². The molecular formula is C18H15O13PS3. The molecule has 188 valence electrons. The molecule has 0 unspecified atom stereocenters. The summed E-state index contributed by atoms with van der Waals surface area (Å²) in [5.74, 6) is -0.695. The highest BCUT2D eigenvalue weighted by Gasteiger charge is 2.33. The van der Waals surface area contributed by atoms with Crippen molar-refractivity contribution in [2.75, 3.05) is 0 Å². The Kier molecular flexibility index (Phi) is 7.29. The van der Waals surface area contributed by atoms with Crippen molar-refractivity contribution >= 4 is 38.2 Å². The third-order valence-corrected chi connectivity index (χ3v) is 7.92. The number of phosphoric ester groups is 1. The van der Waals surface area contributed by atoms with Crippen molar-refractivity contribution in [2.24, 2.45) is 0 Å². The molecule has 13 nitrogen and oxygen atoms in total. The van der Waals surface area contributed by atoms with Gasteiger partial charge in [0.15, 0.2) is 0 Å². The molecule has 0 aliphatic heterocycles. The summed E-state index contributed by atoms with van der Waals surface area (Å²) in [6, 6.07) is 11.8. The van der Waals surface area contributed by atoms with Crippen molar-refractivity contribution in [2.45, 2.75) is 14.7 Å². The Labute approximate surface area is 199 Å². The van der Waals surface area contributed by atoms with Gasteiger partial charge in [0.05, 0.1) is 14.7 Å². The van der Waals surface area contributed by atoms with E-state index in [1.54, 1.807) is 0 Å². The summed E-state index contributed by atoms with van der Waals surface area (Å²) in [4.78, 5) is -1.45. The predicted molar refractivity (Wildman–Crippen MR) is 118 cm³/mol. The molecule has 0 atom stereocenters. The summed E-state index contributed by atoms with van der Waals surface area (Å²) in [5, 5.41) is 0. The van der Waals surface area contributed by atoms with Gasteiger partial charge >= 0.3 is 7.82 Å². The molecule has 0 spiro atoms. The molecule has 3 N–H and O–H groups in total. The molecule has 0 aliphatic carbocycles. The molecule has 0 fully saturated rings. The standard InChI is InChI=1S/C18H15O13PS3/c19-32(29-13-1-7-16(8-2-13)33(20,21)22,30-14-3-9-17(10-4-14)34(23,24)25)31-15-5-11-18(12-6-15)35(26,27)28/h1-12H,(H,20,21,22)(H,23,24,25)(H,26,27,28). The molecule has 0 aromatic heterocycles. The smallest absolute Gasteiger partial charge is 0.386 e. The summed E-state index contributed by atoms with van der Waals surface area (Å²) in [5.41, 5.74) is 0. The van der Waals surface area contributed by atoms with Crippen molar-refractivity contribution in [3.05, 3.63) is 72.8 Å². The van der Waals surface area contributed by atoms with Crippen LogP contribution in [0.2, 0.25) is 0 Å². The van der Waals surface area contributed by atoms with Crippen LogP contribution in [0.5, 0.6) is 17.2 Å². The third-order valence-electron chi connectivity index (χ3n) is 4.02. The minimum atomic E-state index is -4.69. The Hall–Kier alpha value is -2.98. The average molecular weight is 566 g/mol. The first-order chi connectivity index (χ1) is 16.1. The zero-order valence-electron chi connectivity index (χ0n) is 17.0. The van der Waals surface area contributed by atoms with Crippen molar-refractivity contribution in [3.8, 4) is 17.2 Å². The molecule has 3 aromatic rings. The first-order valence-electron chi connectivity index (χ1n) is 8.97. The van der Waals surface area contributed by atoms with E-state index in [9.17, 15) is 29.8 Å². The highest BCUT2D eigenvalue weighted by atomic mass is 32.2. The zero-order valence-corrected chi connectivity index (χ0v) is 20.4. The van der Waals surface area contributed by atoms with E-state index in [0.717, 1.165) is 72.8 Å². The largest absolute Gasteiger partial charge is 0.647 e. The first-order valence-corrected chi connectivity index (χ1v) is 14.7. The van der Waals surface area contributed by atoms with Crippen molar-refractivity contribution < 1.29 is 57.0 Å². The molecule has 0 amide bonds. The minimum absolute atomic E-state index is 0.232. The van der Waals surface area contributed by atoms with Crippen LogP contribution in [0, 0.1) is 0 Å². The van der Waals surface area contributed by atoms with Crippen LogP contribution < -0.4 is 13.6 Å². The monoisotopic (exact) mass is 566 g/mol. The van der Waals surface area contributed by atoms with Gasteiger partial charge in [-0.3, -0.25) is 13.7 Å². The van der Waals surface area contributed by atoms with Crippen LogP contribution in [0.15, 0.2) is 87.5 Å². The molecular weight excluding hydrogens is 551 g/mol. The lowest BCUT2D eigenvalue weighted by atomic mass is 10.3. The van der Waals surface area contributed by atoms with Crippen LogP contribution in [-0.4, -0.2) is 38.9 Å². The molecule has 35 heavy (non-hydrogen) atoms. The number of rotatable bonds is 9. The van der Waals surface area contributed by atoms with Gasteiger partial charge in [0.2, 0.25) is 0 Å². The lowest BCUT2D eigenvalue weighted by Crippen LogP contribution is -2.08. The fraction of sp³-hybridized carbons (Fsp3) is 0. The number of phosphoric acid groups is 1. The third kappa shape index (κ3) is 7.25. The van der Waals surface area contributed by atoms with Gasteiger partial charge < -0.3 is 13.6 Å². The highest BCUT2D eigenvalue weighted by Crippen LogP contribution is 2.50. The minimum Gasteiger partial charge on any atom is -0.386 e. The van der Waals surface area contributed by atoms with Crippen LogP contribution in [0.1, 0.15) is 0 Å². The molecule has 0 saturated heterocycles. The Morgan fingerprint density at radius 2 is 0.657 bits per heavy atom. The van der Waals surface area contributed by atoms with Gasteiger partial charge in [0, 0.05) is 0 Å². The van der Waals surface area contributed by atoms with Gasteiger partial charge in [-0.25, -0.2) is 0 Å². The number of hydrogen-bond acceptors (Lipinski definition) is 10. The summed E-state index contributed by atoms with van der Waals surface area (Å²) < 4.78 is 124. The van der Waals surface area contributed by atoms with E-state index in [1.807, 2.05) is 0 Å². The topological polar surface area (TPSA) is 208 Å². The van der Waals surface area contributed by atoms with E-state index >= 15 is 0 Å². The Morgan fingerprint density at radius 3 is 0.829 bits per heavy atom. The summed E-state index contributed by atoms with van der Waals surface area (Å²) in [7, 11) is -18.2. The normalized spacial score (nSPS) is 12.7. The van der Waals surface area contributed by atoms with Gasteiger partial charge in [-0.2, -0.15) is 29.8 Å². The van der Waals surface area contributed by atoms with Gasteiger partial charge in [-0.15, -0.1) is 0 Å². The Morgan fingerprint density at radius 1 is 0.457 bits per heavy atom. The van der Waals surface area contributed by atoms with Crippen LogP contribution in [-0.2, 0) is 34.9 Å². The molecule has 0 aliphatic rings. The highest BCUT2D eigenvalue weighted by molar-refractivity contribution is 7.86. The van der Waals surface area contributed by atoms with E-state index < -0.39 is 52.9 Å². The SMILES string of the molecule is O=P(Oc1ccc(S(=O)(=O)O)cc1)(Oc1ccc(S(=O)(=O)O)cc1)Oc1ccc(S(=O)(=O)O)cc1. The molecule has 0 heterocycles. The van der Waals surface area contributed by atoms with Crippen LogP contribution in [0.4, 0.5) is 0 Å². The van der Waals surface area contributed by atoms with E-state index in [1.165, 1.54) is 0 Å². The lowest BCUT2D eigenvalue weighted by Gasteiger charge is -2.19. The summed E-state index contributed by atoms with van der Waals surface area (Å²) in [6.07, 6.45) is 0. The lowest BCUT2D eigenvalue weighted by molar-refractivity contribution is 0.298. The predicted octanol–water partition coefficient (Wildman–Crippen LogP) is 3.07. The van der Waals surface area contributed by atoms with Crippen molar-refractivity contribution in [3.63, 3.8) is 0 Å². The van der Waals surface area contributed by atoms with Crippen LogP contribution in [0.3, 0.4) is 0 Å². The van der Waals surface area contributed by atoms with E-state index in [4.69, 9.17) is 27.2 Å². The van der Waals surface area contributed by atoms with E-state index in [2.05, 4.69) is 0 Å². The van der Waals surface area contributed by atoms with Gasteiger partial charge in [-0.1, -0.05) is 0 Å². The van der Waals surface area contributed by atoms with E-state index in [0.29, 0.717) is 0 Å². The van der Waals surface area contributed by atoms with Crippen molar-refractivity contribution in [1.29, 1.82) is 0 Å². The molecule has 3 rings (SSSR count). The number of benzene rings is 3. The van der Waals surface area contributed by atoms with Crippen molar-refractivity contribution in [1.82, 2.24) is 0 Å². The van der Waals surface area contributed by atoms with Crippen LogP contribution in [0.25, 0.3) is 0 Å². The van der Waals surface area contributed by atoms with Crippen LogP contribution >= 0.6 is 7.82 Å². The Bertz CT molecular complexity index is 1390. The summed E-state index contributed by atoms with van der Waals surface area (Å²) in [6.45, 7) is 0. The maximum absolute atomic E-state index is 13.4. The second kappa shape index (κ2) is 9.58. The molecule has 0 radical (unpaired) electrons. The summed E-state index contributed by atoms with van der Waals surface area (Å²) >= 11 is 0. The fourth-order valence-electron chi connectivity index (χ4n) is 2.46. The molecule has 17 heteroatoms. The number of hydrogen-bond donors (Lipinski definition) is 3. The maximum Gasteiger partial charge on any atom is 0.647 e. The zero-order chi connectivity index (χ0) is 26.1. The maximum atomic E-state index is 13.4. The molecule has 3 aromatic carbocycles. The molecule has 0 saturated carbocycles. The van der Waals surface area contributed by atoms with Gasteiger partial charge in [0.25, 0.3) is 30.4 Å². The second-order valence-electron chi connectivity index (χ2n) is 6.56. The fourth-order valence-corrected chi connectivity index (χ4v) is 5.15. The van der Waals surface area contributed by atoms with Gasteiger partial charge in [0.1, 0.15) is 17.2 Å². The average Bonchev–Trinajstić information content (AvgIpc) is 2.72. The Balaban J connectivity index is 1.94. The first kappa shape index (κ1) is 26.6. The van der Waals surface area contributed by atoms with Gasteiger partial charge in [-0.05, 0) is 72.8 Å². The second-order valence-corrected chi connectivity index (χ2v) is 12.3.